The predicted molar refractivity (Wildman–Crippen MR) is 70.9 cm³/mol. The molecule has 0 rings (SSSR count). The van der Waals surface area contributed by atoms with Crippen LogP contribution in [0.2, 0.25) is 0 Å². The number of aliphatic hydroxyl groups is 5. The average molecular weight is 307 g/mol. The SMILES string of the molecule is [NH]CCCCCNC(=O)[C@@H](O)[C@@H](O)[C@H](O)[C@H](O)C(=O)CO. The fraction of sp³-hybridized carbons (Fsp3) is 0.833. The largest absolute Gasteiger partial charge is 0.388 e. The Morgan fingerprint density at radius 2 is 1.52 bits per heavy atom. The Kier molecular flexibility index (Phi) is 10.0. The van der Waals surface area contributed by atoms with Gasteiger partial charge in [0, 0.05) is 13.1 Å². The van der Waals surface area contributed by atoms with Gasteiger partial charge in [-0.3, -0.25) is 15.3 Å². The van der Waals surface area contributed by atoms with Gasteiger partial charge in [0.25, 0.3) is 5.91 Å². The first-order valence-electron chi connectivity index (χ1n) is 6.65. The van der Waals surface area contributed by atoms with Crippen molar-refractivity contribution in [3.8, 4) is 0 Å². The number of unbranched alkanes of at least 4 members (excludes halogenated alkanes) is 2. The van der Waals surface area contributed by atoms with Gasteiger partial charge in [0.05, 0.1) is 0 Å². The summed E-state index contributed by atoms with van der Waals surface area (Å²) in [5, 5.41) is 48.6. The molecule has 0 saturated carbocycles. The van der Waals surface area contributed by atoms with Gasteiger partial charge in [-0.2, -0.15) is 0 Å². The molecular formula is C12H23N2O7. The van der Waals surface area contributed by atoms with Crippen molar-refractivity contribution < 1.29 is 35.1 Å². The second kappa shape index (κ2) is 10.6. The summed E-state index contributed by atoms with van der Waals surface area (Å²) in [4.78, 5) is 22.5. The monoisotopic (exact) mass is 307 g/mol. The summed E-state index contributed by atoms with van der Waals surface area (Å²) >= 11 is 0. The number of nitrogens with one attached hydrogen (secondary N) is 2. The number of Topliss-reactive ketones (excluding diaryl/α,β-unsaturated/α-hetero) is 1. The van der Waals surface area contributed by atoms with E-state index in [1.807, 2.05) is 0 Å². The Morgan fingerprint density at radius 3 is 2.05 bits per heavy atom. The van der Waals surface area contributed by atoms with E-state index >= 15 is 0 Å². The second-order valence-electron chi connectivity index (χ2n) is 4.60. The molecule has 0 aliphatic rings. The molecule has 21 heavy (non-hydrogen) atoms. The summed E-state index contributed by atoms with van der Waals surface area (Å²) in [6.45, 7) is -0.516. The van der Waals surface area contributed by atoms with Gasteiger partial charge < -0.3 is 30.8 Å². The standard InChI is InChI=1S/C12H23N2O7/c13-4-2-1-3-5-14-12(21)11(20)10(19)9(18)8(17)7(16)6-15/h8-11,13,15,17-20H,1-6H2,(H,14,21)/t8-,9-,10+,11+/m1/s1. The summed E-state index contributed by atoms with van der Waals surface area (Å²) in [5.74, 6) is -2.08. The third-order valence-electron chi connectivity index (χ3n) is 2.90. The van der Waals surface area contributed by atoms with E-state index in [1.54, 1.807) is 0 Å². The van der Waals surface area contributed by atoms with Crippen LogP contribution >= 0.6 is 0 Å². The van der Waals surface area contributed by atoms with Crippen LogP contribution in [0.25, 0.3) is 0 Å². The summed E-state index contributed by atoms with van der Waals surface area (Å²) in [5.41, 5.74) is 6.93. The van der Waals surface area contributed by atoms with Crippen molar-refractivity contribution in [1.82, 2.24) is 11.1 Å². The quantitative estimate of drug-likeness (QED) is 0.215. The summed E-state index contributed by atoms with van der Waals surface area (Å²) < 4.78 is 0. The number of amides is 1. The molecule has 9 heteroatoms. The van der Waals surface area contributed by atoms with Crippen molar-refractivity contribution in [2.24, 2.45) is 0 Å². The molecule has 0 bridgehead atoms. The number of ketones is 1. The molecule has 4 atom stereocenters. The smallest absolute Gasteiger partial charge is 0.251 e. The van der Waals surface area contributed by atoms with E-state index in [2.05, 4.69) is 5.32 Å². The highest BCUT2D eigenvalue weighted by molar-refractivity contribution is 5.85. The maximum absolute atomic E-state index is 11.5. The Bertz CT molecular complexity index is 327. The maximum atomic E-state index is 11.5. The van der Waals surface area contributed by atoms with Crippen LogP contribution in [-0.4, -0.2) is 81.3 Å². The molecule has 123 valence electrons. The van der Waals surface area contributed by atoms with Crippen LogP contribution in [0.15, 0.2) is 0 Å². The molecule has 1 amide bonds. The Hall–Kier alpha value is -1.10. The van der Waals surface area contributed by atoms with Gasteiger partial charge in [0.2, 0.25) is 0 Å². The topological polar surface area (TPSA) is 171 Å². The zero-order chi connectivity index (χ0) is 16.4. The predicted octanol–water partition coefficient (Wildman–Crippen LogP) is -3.44. The fourth-order valence-electron chi connectivity index (χ4n) is 1.56. The van der Waals surface area contributed by atoms with Gasteiger partial charge in [-0.05, 0) is 12.8 Å². The summed E-state index contributed by atoms with van der Waals surface area (Å²) in [7, 11) is 0. The zero-order valence-corrected chi connectivity index (χ0v) is 11.6. The number of hydrogen-bond donors (Lipinski definition) is 6. The van der Waals surface area contributed by atoms with Crippen LogP contribution in [0.1, 0.15) is 19.3 Å². The second-order valence-corrected chi connectivity index (χ2v) is 4.60. The molecule has 0 aromatic heterocycles. The average Bonchev–Trinajstić information content (AvgIpc) is 2.50. The summed E-state index contributed by atoms with van der Waals surface area (Å²) in [6.07, 6.45) is -6.25. The first-order chi connectivity index (χ1) is 9.86. The number of carbonyl (C=O) groups is 2. The molecule has 0 aliphatic carbocycles. The third kappa shape index (κ3) is 6.93. The van der Waals surface area contributed by atoms with Gasteiger partial charge in [-0.1, -0.05) is 6.42 Å². The van der Waals surface area contributed by atoms with E-state index < -0.39 is 42.7 Å². The molecule has 0 saturated heterocycles. The first kappa shape index (κ1) is 19.9. The van der Waals surface area contributed by atoms with E-state index in [-0.39, 0.29) is 13.1 Å². The fourth-order valence-corrected chi connectivity index (χ4v) is 1.56. The molecule has 1 radical (unpaired) electrons. The number of carbonyl (C=O) groups excluding carboxylic acids is 2. The van der Waals surface area contributed by atoms with E-state index in [4.69, 9.17) is 10.8 Å². The minimum absolute atomic E-state index is 0.233. The van der Waals surface area contributed by atoms with Gasteiger partial charge >= 0.3 is 0 Å². The Morgan fingerprint density at radius 1 is 0.952 bits per heavy atom. The van der Waals surface area contributed by atoms with E-state index in [0.29, 0.717) is 12.8 Å². The van der Waals surface area contributed by atoms with E-state index in [0.717, 1.165) is 6.42 Å². The lowest BCUT2D eigenvalue weighted by atomic mass is 10.00. The molecule has 0 aliphatic heterocycles. The van der Waals surface area contributed by atoms with Crippen molar-refractivity contribution in [1.29, 1.82) is 0 Å². The lowest BCUT2D eigenvalue weighted by molar-refractivity contribution is -0.155. The van der Waals surface area contributed by atoms with Crippen LogP contribution in [0.5, 0.6) is 0 Å². The number of rotatable bonds is 11. The molecule has 7 N–H and O–H groups in total. The molecule has 9 nitrogen and oxygen atoms in total. The number of aliphatic hydroxyl groups excluding tert-OH is 5. The van der Waals surface area contributed by atoms with Crippen molar-refractivity contribution in [3.05, 3.63) is 0 Å². The maximum Gasteiger partial charge on any atom is 0.251 e. The van der Waals surface area contributed by atoms with E-state index in [1.165, 1.54) is 0 Å². The van der Waals surface area contributed by atoms with Crippen molar-refractivity contribution in [2.45, 2.75) is 43.7 Å². The highest BCUT2D eigenvalue weighted by atomic mass is 16.4. The van der Waals surface area contributed by atoms with Crippen LogP contribution in [0, 0.1) is 0 Å². The van der Waals surface area contributed by atoms with Gasteiger partial charge in [0.15, 0.2) is 11.9 Å². The minimum Gasteiger partial charge on any atom is -0.388 e. The van der Waals surface area contributed by atoms with Gasteiger partial charge in [-0.25, -0.2) is 0 Å². The lowest BCUT2D eigenvalue weighted by Gasteiger charge is -2.24. The molecule has 0 aromatic rings. The van der Waals surface area contributed by atoms with Gasteiger partial charge in [-0.15, -0.1) is 0 Å². The highest BCUT2D eigenvalue weighted by Gasteiger charge is 2.36. The van der Waals surface area contributed by atoms with Crippen molar-refractivity contribution in [3.63, 3.8) is 0 Å². The first-order valence-corrected chi connectivity index (χ1v) is 6.65. The molecule has 0 unspecified atom stereocenters. The molecule has 0 heterocycles. The highest BCUT2D eigenvalue weighted by Crippen LogP contribution is 2.06. The van der Waals surface area contributed by atoms with Crippen LogP contribution in [-0.2, 0) is 9.59 Å². The van der Waals surface area contributed by atoms with E-state index in [9.17, 15) is 30.0 Å². The van der Waals surface area contributed by atoms with Crippen LogP contribution in [0.3, 0.4) is 0 Å². The Labute approximate surface area is 122 Å². The lowest BCUT2D eigenvalue weighted by Crippen LogP contribution is -2.53. The normalized spacial score (nSPS) is 16.9. The van der Waals surface area contributed by atoms with Crippen LogP contribution < -0.4 is 11.1 Å². The summed E-state index contributed by atoms with van der Waals surface area (Å²) in [6, 6.07) is 0. The van der Waals surface area contributed by atoms with Crippen LogP contribution in [0.4, 0.5) is 0 Å². The minimum atomic E-state index is -2.09. The number of hydrogen-bond acceptors (Lipinski definition) is 7. The van der Waals surface area contributed by atoms with Crippen molar-refractivity contribution >= 4 is 11.7 Å². The molecular weight excluding hydrogens is 284 g/mol. The Balaban J connectivity index is 4.25. The third-order valence-corrected chi connectivity index (χ3v) is 2.90. The zero-order valence-electron chi connectivity index (χ0n) is 11.6. The molecule has 0 spiro atoms. The van der Waals surface area contributed by atoms with Gasteiger partial charge in [0.1, 0.15) is 24.9 Å². The van der Waals surface area contributed by atoms with Crippen molar-refractivity contribution in [2.75, 3.05) is 19.7 Å². The molecule has 0 aromatic carbocycles. The molecule has 0 fully saturated rings.